The fraction of sp³-hybridized carbons (Fsp3) is 0.500. The molecular formula is C16H20N6O. The number of rotatable bonds is 5. The van der Waals surface area contributed by atoms with Gasteiger partial charge in [-0.25, -0.2) is 9.97 Å². The van der Waals surface area contributed by atoms with E-state index in [0.29, 0.717) is 0 Å². The summed E-state index contributed by atoms with van der Waals surface area (Å²) in [4.78, 5) is 27.5. The van der Waals surface area contributed by atoms with Gasteiger partial charge in [0.05, 0.1) is 11.5 Å². The number of likely N-dealkylation sites (tertiary alicyclic amines) is 1. The van der Waals surface area contributed by atoms with E-state index in [-0.39, 0.29) is 17.9 Å². The Bertz CT molecular complexity index is 763. The fourth-order valence-corrected chi connectivity index (χ4v) is 3.13. The third-order valence-electron chi connectivity index (χ3n) is 4.74. The molecular weight excluding hydrogens is 292 g/mol. The molecule has 1 aliphatic rings. The molecule has 0 saturated carbocycles. The fourth-order valence-electron chi connectivity index (χ4n) is 3.13. The predicted octanol–water partition coefficient (Wildman–Crippen LogP) is 1.69. The molecule has 120 valence electrons. The summed E-state index contributed by atoms with van der Waals surface area (Å²) >= 11 is 0. The van der Waals surface area contributed by atoms with Crippen LogP contribution in [0.5, 0.6) is 0 Å². The van der Waals surface area contributed by atoms with Crippen LogP contribution in [0.25, 0.3) is 11.0 Å². The summed E-state index contributed by atoms with van der Waals surface area (Å²) in [7, 11) is 2.00. The van der Waals surface area contributed by atoms with Gasteiger partial charge in [0.2, 0.25) is 5.91 Å². The Labute approximate surface area is 134 Å². The van der Waals surface area contributed by atoms with Crippen LogP contribution >= 0.6 is 0 Å². The molecule has 1 amide bonds. The van der Waals surface area contributed by atoms with Crippen molar-refractivity contribution >= 4 is 22.8 Å². The van der Waals surface area contributed by atoms with E-state index in [0.717, 1.165) is 42.8 Å². The smallest absolute Gasteiger partial charge is 0.237 e. The average molecular weight is 312 g/mol. The van der Waals surface area contributed by atoms with Crippen LogP contribution in [0.1, 0.15) is 26.2 Å². The molecule has 2 aromatic heterocycles. The Morgan fingerprint density at radius 3 is 3.09 bits per heavy atom. The van der Waals surface area contributed by atoms with Crippen molar-refractivity contribution < 1.29 is 4.79 Å². The number of fused-ring (bicyclic) bond motifs is 1. The third kappa shape index (κ3) is 2.72. The summed E-state index contributed by atoms with van der Waals surface area (Å²) in [5.41, 5.74) is 0.662. The Morgan fingerprint density at radius 1 is 1.57 bits per heavy atom. The maximum Gasteiger partial charge on any atom is 0.237 e. The van der Waals surface area contributed by atoms with Crippen molar-refractivity contribution in [3.63, 3.8) is 0 Å². The van der Waals surface area contributed by atoms with Gasteiger partial charge < -0.3 is 14.8 Å². The molecule has 3 rings (SSSR count). The molecule has 2 aromatic rings. The minimum atomic E-state index is -0.160. The van der Waals surface area contributed by atoms with E-state index in [1.165, 1.54) is 0 Å². The van der Waals surface area contributed by atoms with Crippen LogP contribution < -0.4 is 4.90 Å². The van der Waals surface area contributed by atoms with Crippen LogP contribution in [-0.4, -0.2) is 51.4 Å². The summed E-state index contributed by atoms with van der Waals surface area (Å²) in [6.45, 7) is 3.62. The van der Waals surface area contributed by atoms with E-state index in [1.807, 2.05) is 30.3 Å². The molecule has 1 atom stereocenters. The first kappa shape index (κ1) is 15.3. The number of carbonyl (C=O) groups is 1. The van der Waals surface area contributed by atoms with Gasteiger partial charge in [0.1, 0.15) is 24.2 Å². The van der Waals surface area contributed by atoms with Gasteiger partial charge in [-0.2, -0.15) is 5.26 Å². The van der Waals surface area contributed by atoms with Gasteiger partial charge in [0.25, 0.3) is 0 Å². The molecule has 1 saturated heterocycles. The molecule has 7 nitrogen and oxygen atoms in total. The lowest BCUT2D eigenvalue weighted by atomic mass is 9.83. The highest BCUT2D eigenvalue weighted by Gasteiger charge is 2.42. The second kappa shape index (κ2) is 5.88. The third-order valence-corrected chi connectivity index (χ3v) is 4.74. The van der Waals surface area contributed by atoms with Gasteiger partial charge in [0, 0.05) is 31.9 Å². The number of hydrogen-bond donors (Lipinski definition) is 1. The lowest BCUT2D eigenvalue weighted by Gasteiger charge is -2.51. The first-order chi connectivity index (χ1) is 11.0. The molecule has 0 bridgehead atoms. The molecule has 0 spiro atoms. The zero-order valence-corrected chi connectivity index (χ0v) is 13.4. The summed E-state index contributed by atoms with van der Waals surface area (Å²) in [6.07, 6.45) is 5.18. The van der Waals surface area contributed by atoms with Gasteiger partial charge in [-0.1, -0.05) is 0 Å². The van der Waals surface area contributed by atoms with E-state index in [4.69, 9.17) is 5.26 Å². The first-order valence-corrected chi connectivity index (χ1v) is 7.72. The average Bonchev–Trinajstić information content (AvgIpc) is 2.99. The van der Waals surface area contributed by atoms with Crippen LogP contribution in [0.4, 0.5) is 5.82 Å². The number of H-pyrrole nitrogens is 1. The number of nitrogens with one attached hydrogen (secondary N) is 1. The minimum Gasteiger partial charge on any atom is -0.359 e. The lowest BCUT2D eigenvalue weighted by molar-refractivity contribution is -0.145. The number of aromatic nitrogens is 3. The molecule has 1 N–H and O–H groups in total. The van der Waals surface area contributed by atoms with Crippen molar-refractivity contribution in [3.05, 3.63) is 18.6 Å². The Balaban J connectivity index is 1.67. The molecule has 0 unspecified atom stereocenters. The number of carbonyl (C=O) groups excluding carboxylic acids is 1. The number of amides is 1. The summed E-state index contributed by atoms with van der Waals surface area (Å²) in [5.74, 6) is 0.813. The zero-order chi connectivity index (χ0) is 16.4. The van der Waals surface area contributed by atoms with Gasteiger partial charge in [-0.05, 0) is 25.8 Å². The minimum absolute atomic E-state index is 0.0404. The first-order valence-electron chi connectivity index (χ1n) is 7.72. The summed E-state index contributed by atoms with van der Waals surface area (Å²) < 4.78 is 0. The van der Waals surface area contributed by atoms with Gasteiger partial charge in [-0.3, -0.25) is 4.79 Å². The van der Waals surface area contributed by atoms with Crippen LogP contribution in [-0.2, 0) is 4.79 Å². The van der Waals surface area contributed by atoms with Crippen molar-refractivity contribution in [2.75, 3.05) is 25.0 Å². The maximum absolute atomic E-state index is 12.0. The lowest BCUT2D eigenvalue weighted by Crippen LogP contribution is -2.61. The quantitative estimate of drug-likeness (QED) is 0.907. The van der Waals surface area contributed by atoms with E-state index < -0.39 is 0 Å². The van der Waals surface area contributed by atoms with Crippen LogP contribution in [0.15, 0.2) is 18.6 Å². The number of nitrogens with zero attached hydrogens (tertiary/aromatic N) is 5. The zero-order valence-electron chi connectivity index (χ0n) is 13.4. The molecule has 23 heavy (non-hydrogen) atoms. The number of anilines is 1. The molecule has 7 heteroatoms. The molecule has 3 heterocycles. The van der Waals surface area contributed by atoms with Crippen molar-refractivity contribution in [1.82, 2.24) is 19.9 Å². The van der Waals surface area contributed by atoms with Crippen molar-refractivity contribution in [3.8, 4) is 6.07 Å². The highest BCUT2D eigenvalue weighted by Crippen LogP contribution is 2.34. The van der Waals surface area contributed by atoms with E-state index in [9.17, 15) is 4.79 Å². The second-order valence-corrected chi connectivity index (χ2v) is 6.24. The molecule has 0 aromatic carbocycles. The van der Waals surface area contributed by atoms with Crippen molar-refractivity contribution in [1.29, 1.82) is 5.26 Å². The molecule has 1 aliphatic heterocycles. The maximum atomic E-state index is 12.0. The summed E-state index contributed by atoms with van der Waals surface area (Å²) in [6, 6.07) is 3.91. The Morgan fingerprint density at radius 2 is 2.39 bits per heavy atom. The highest BCUT2D eigenvalue weighted by molar-refractivity contribution is 5.87. The van der Waals surface area contributed by atoms with Crippen LogP contribution in [0.3, 0.4) is 0 Å². The molecule has 1 fully saturated rings. The van der Waals surface area contributed by atoms with Gasteiger partial charge >= 0.3 is 0 Å². The second-order valence-electron chi connectivity index (χ2n) is 6.24. The Hall–Kier alpha value is -2.62. The van der Waals surface area contributed by atoms with Crippen molar-refractivity contribution in [2.45, 2.75) is 31.7 Å². The van der Waals surface area contributed by atoms with E-state index in [2.05, 4.69) is 26.8 Å². The van der Waals surface area contributed by atoms with E-state index >= 15 is 0 Å². The van der Waals surface area contributed by atoms with Crippen LogP contribution in [0, 0.1) is 11.3 Å². The van der Waals surface area contributed by atoms with Gasteiger partial charge in [0.15, 0.2) is 0 Å². The SMILES string of the molecule is CN(CC[C@]1(C)CCN1C(=O)CC#N)c1ncnc2[nH]ccc12. The van der Waals surface area contributed by atoms with Gasteiger partial charge in [-0.15, -0.1) is 0 Å². The number of nitriles is 1. The Kier molecular flexibility index (Phi) is 3.90. The topological polar surface area (TPSA) is 88.9 Å². The molecule has 0 radical (unpaired) electrons. The van der Waals surface area contributed by atoms with Crippen molar-refractivity contribution in [2.24, 2.45) is 0 Å². The van der Waals surface area contributed by atoms with E-state index in [1.54, 1.807) is 6.33 Å². The number of aromatic amines is 1. The monoisotopic (exact) mass is 312 g/mol. The normalized spacial score (nSPS) is 20.1. The standard InChI is InChI=1S/C16H20N6O/c1-16(6-10-22(16)13(23)3-7-17)5-9-21(2)15-12-4-8-18-14(12)19-11-20-15/h4,8,11H,3,5-6,9-10H2,1-2H3,(H,18,19,20)/t16-/m1/s1. The number of hydrogen-bond acceptors (Lipinski definition) is 5. The highest BCUT2D eigenvalue weighted by atomic mass is 16.2. The predicted molar refractivity (Wildman–Crippen MR) is 86.7 cm³/mol. The van der Waals surface area contributed by atoms with Crippen LogP contribution in [0.2, 0.25) is 0 Å². The largest absolute Gasteiger partial charge is 0.359 e. The molecule has 0 aliphatic carbocycles. The summed E-state index contributed by atoms with van der Waals surface area (Å²) in [5, 5.41) is 9.69.